The van der Waals surface area contributed by atoms with Gasteiger partial charge in [-0.25, -0.2) is 13.4 Å². The first-order valence-electron chi connectivity index (χ1n) is 8.29. The third kappa shape index (κ3) is 2.44. The molecule has 3 aromatic heterocycles. The van der Waals surface area contributed by atoms with E-state index >= 15 is 0 Å². The van der Waals surface area contributed by atoms with E-state index in [4.69, 9.17) is 0 Å². The van der Waals surface area contributed by atoms with Crippen molar-refractivity contribution in [1.82, 2.24) is 14.3 Å². The van der Waals surface area contributed by atoms with Crippen LogP contribution in [0.3, 0.4) is 0 Å². The van der Waals surface area contributed by atoms with E-state index in [0.717, 1.165) is 38.2 Å². The highest BCUT2D eigenvalue weighted by Crippen LogP contribution is 2.37. The van der Waals surface area contributed by atoms with Gasteiger partial charge in [-0.2, -0.15) is 4.37 Å². The van der Waals surface area contributed by atoms with Crippen molar-refractivity contribution in [2.75, 3.05) is 5.32 Å². The first-order valence-corrected chi connectivity index (χ1v) is 10.5. The summed E-state index contributed by atoms with van der Waals surface area (Å²) >= 11 is 1.37. The Balaban J connectivity index is 1.65. The first kappa shape index (κ1) is 16.3. The highest BCUT2D eigenvalue weighted by Gasteiger charge is 2.27. The minimum absolute atomic E-state index is 0.329. The minimum Gasteiger partial charge on any atom is -0.354 e. The van der Waals surface area contributed by atoms with Crippen LogP contribution in [0.4, 0.5) is 11.4 Å². The van der Waals surface area contributed by atoms with Crippen molar-refractivity contribution >= 4 is 59.9 Å². The van der Waals surface area contributed by atoms with Crippen LogP contribution in [-0.2, 0) is 9.84 Å². The van der Waals surface area contributed by atoms with Crippen LogP contribution in [0.2, 0.25) is 0 Å². The van der Waals surface area contributed by atoms with Gasteiger partial charge < -0.3 is 5.32 Å². The van der Waals surface area contributed by atoms with Crippen LogP contribution in [0.15, 0.2) is 46.5 Å². The predicted octanol–water partition coefficient (Wildman–Crippen LogP) is 4.44. The van der Waals surface area contributed by atoms with Gasteiger partial charge in [-0.1, -0.05) is 0 Å². The Bertz CT molecular complexity index is 1390. The number of allylic oxidation sites excluding steroid dienone is 1. The second kappa shape index (κ2) is 5.58. The van der Waals surface area contributed by atoms with Gasteiger partial charge in [0.05, 0.1) is 28.0 Å². The number of benzene rings is 1. The van der Waals surface area contributed by atoms with E-state index in [1.807, 2.05) is 25.1 Å². The molecule has 1 N–H and O–H groups in total. The van der Waals surface area contributed by atoms with Crippen LogP contribution in [0.5, 0.6) is 0 Å². The molecule has 4 heterocycles. The Morgan fingerprint density at radius 3 is 2.78 bits per heavy atom. The summed E-state index contributed by atoms with van der Waals surface area (Å²) in [7, 11) is -3.41. The summed E-state index contributed by atoms with van der Waals surface area (Å²) in [5, 5.41) is 5.11. The van der Waals surface area contributed by atoms with E-state index < -0.39 is 9.84 Å². The van der Waals surface area contributed by atoms with Crippen molar-refractivity contribution in [3.05, 3.63) is 52.8 Å². The largest absolute Gasteiger partial charge is 0.354 e. The molecule has 1 aromatic carbocycles. The van der Waals surface area contributed by atoms with Gasteiger partial charge in [0.1, 0.15) is 4.83 Å². The number of nitrogens with zero attached hydrogens (tertiary/aromatic N) is 3. The molecule has 6 nitrogen and oxygen atoms in total. The lowest BCUT2D eigenvalue weighted by Gasteiger charge is -2.11. The van der Waals surface area contributed by atoms with E-state index in [1.165, 1.54) is 11.5 Å². The van der Waals surface area contributed by atoms with Crippen LogP contribution in [0.25, 0.3) is 27.2 Å². The maximum absolute atomic E-state index is 12.5. The number of aromatic nitrogens is 3. The zero-order valence-corrected chi connectivity index (χ0v) is 16.1. The van der Waals surface area contributed by atoms with Gasteiger partial charge in [0.25, 0.3) is 0 Å². The molecule has 0 saturated carbocycles. The molecule has 0 fully saturated rings. The van der Waals surface area contributed by atoms with Gasteiger partial charge in [-0.3, -0.25) is 4.98 Å². The molecule has 5 rings (SSSR count). The van der Waals surface area contributed by atoms with Gasteiger partial charge in [0, 0.05) is 27.6 Å². The number of nitrogens with one attached hydrogen (secondary N) is 1. The molecule has 0 saturated heterocycles. The Morgan fingerprint density at radius 2 is 1.93 bits per heavy atom. The molecule has 0 aliphatic carbocycles. The summed E-state index contributed by atoms with van der Waals surface area (Å²) in [6.07, 6.45) is 5.15. The zero-order valence-electron chi connectivity index (χ0n) is 14.5. The third-order valence-corrected chi connectivity index (χ3v) is 7.50. The molecule has 0 bridgehead atoms. The second-order valence-electron chi connectivity index (χ2n) is 6.49. The van der Waals surface area contributed by atoms with Gasteiger partial charge in [0.15, 0.2) is 0 Å². The van der Waals surface area contributed by atoms with Crippen molar-refractivity contribution in [3.8, 4) is 0 Å². The number of rotatable bonds is 2. The maximum atomic E-state index is 12.5. The molecule has 0 unspecified atom stereocenters. The van der Waals surface area contributed by atoms with E-state index in [0.29, 0.717) is 15.4 Å². The molecule has 1 aliphatic rings. The SMILES string of the molecule is CC1=Cc2cc3nccc(Nc4cnc5snc(C)c5c4)c3cc2S1(=O)=O. The van der Waals surface area contributed by atoms with E-state index in [2.05, 4.69) is 19.7 Å². The second-order valence-corrected chi connectivity index (χ2v) is 9.34. The number of hydrogen-bond donors (Lipinski definition) is 1. The summed E-state index contributed by atoms with van der Waals surface area (Å²) in [6, 6.07) is 7.35. The summed E-state index contributed by atoms with van der Waals surface area (Å²) in [4.78, 5) is 10.4. The fourth-order valence-electron chi connectivity index (χ4n) is 3.28. The van der Waals surface area contributed by atoms with E-state index in [-0.39, 0.29) is 0 Å². The van der Waals surface area contributed by atoms with E-state index in [1.54, 1.807) is 31.5 Å². The zero-order chi connectivity index (χ0) is 18.8. The van der Waals surface area contributed by atoms with Crippen molar-refractivity contribution < 1.29 is 8.42 Å². The van der Waals surface area contributed by atoms with Gasteiger partial charge in [-0.15, -0.1) is 0 Å². The molecule has 1 aliphatic heterocycles. The average Bonchev–Trinajstić information content (AvgIpc) is 3.11. The van der Waals surface area contributed by atoms with Crippen LogP contribution in [-0.4, -0.2) is 22.8 Å². The van der Waals surface area contributed by atoms with Gasteiger partial charge in [0.2, 0.25) is 9.84 Å². The highest BCUT2D eigenvalue weighted by atomic mass is 32.2. The van der Waals surface area contributed by atoms with Crippen LogP contribution < -0.4 is 5.32 Å². The smallest absolute Gasteiger partial charge is 0.203 e. The molecule has 4 aromatic rings. The lowest BCUT2D eigenvalue weighted by molar-refractivity contribution is 0.603. The molecule has 0 atom stereocenters. The van der Waals surface area contributed by atoms with Crippen molar-refractivity contribution in [1.29, 1.82) is 0 Å². The van der Waals surface area contributed by atoms with Gasteiger partial charge in [-0.05, 0) is 61.3 Å². The molecule has 0 amide bonds. The lowest BCUT2D eigenvalue weighted by Crippen LogP contribution is -1.99. The molecular weight excluding hydrogens is 380 g/mol. The van der Waals surface area contributed by atoms with Crippen molar-refractivity contribution in [2.45, 2.75) is 18.7 Å². The molecule has 0 spiro atoms. The summed E-state index contributed by atoms with van der Waals surface area (Å²) in [5.74, 6) is 0. The monoisotopic (exact) mass is 394 g/mol. The van der Waals surface area contributed by atoms with Crippen molar-refractivity contribution in [2.24, 2.45) is 0 Å². The Labute approximate surface area is 159 Å². The molecular formula is C19H14N4O2S2. The summed E-state index contributed by atoms with van der Waals surface area (Å²) < 4.78 is 29.4. The number of hydrogen-bond acceptors (Lipinski definition) is 7. The summed E-state index contributed by atoms with van der Waals surface area (Å²) in [5.41, 5.74) is 3.96. The Morgan fingerprint density at radius 1 is 1.07 bits per heavy atom. The predicted molar refractivity (Wildman–Crippen MR) is 108 cm³/mol. The average molecular weight is 394 g/mol. The third-order valence-electron chi connectivity index (χ3n) is 4.73. The topological polar surface area (TPSA) is 84.8 Å². The molecule has 27 heavy (non-hydrogen) atoms. The van der Waals surface area contributed by atoms with Crippen LogP contribution in [0.1, 0.15) is 18.2 Å². The van der Waals surface area contributed by atoms with Gasteiger partial charge >= 0.3 is 0 Å². The maximum Gasteiger partial charge on any atom is 0.203 e. The first-order chi connectivity index (χ1) is 12.9. The number of fused-ring (bicyclic) bond motifs is 3. The number of anilines is 2. The quantitative estimate of drug-likeness (QED) is 0.541. The standard InChI is InChI=1S/C19H14N4O2S2/c1-10-5-12-6-17-15(8-18(12)27(10,24)25)16(3-4-20-17)22-13-7-14-11(2)23-26-19(14)21-9-13/h3-9H,1-2H3,(H,20,22). The fourth-order valence-corrected chi connectivity index (χ4v) is 5.34. The lowest BCUT2D eigenvalue weighted by atomic mass is 10.1. The van der Waals surface area contributed by atoms with E-state index in [9.17, 15) is 8.42 Å². The fraction of sp³-hybridized carbons (Fsp3) is 0.105. The molecule has 0 radical (unpaired) electrons. The molecule has 8 heteroatoms. The van der Waals surface area contributed by atoms with Crippen molar-refractivity contribution in [3.63, 3.8) is 0 Å². The normalized spacial score (nSPS) is 15.1. The Kier molecular flexibility index (Phi) is 3.38. The molecule has 134 valence electrons. The number of pyridine rings is 2. The summed E-state index contributed by atoms with van der Waals surface area (Å²) in [6.45, 7) is 3.57. The number of sulfone groups is 1. The highest BCUT2D eigenvalue weighted by molar-refractivity contribution is 7.95. The minimum atomic E-state index is -3.41. The Hall–Kier alpha value is -2.84. The van der Waals surface area contributed by atoms with Crippen LogP contribution in [0, 0.1) is 6.92 Å². The number of aryl methyl sites for hydroxylation is 1. The van der Waals surface area contributed by atoms with Crippen LogP contribution >= 0.6 is 11.5 Å².